The highest BCUT2D eigenvalue weighted by Crippen LogP contribution is 2.17. The van der Waals surface area contributed by atoms with Crippen LogP contribution >= 0.6 is 0 Å². The molecule has 0 aliphatic heterocycles. The fraction of sp³-hybridized carbons (Fsp3) is 0.182. The van der Waals surface area contributed by atoms with E-state index in [9.17, 15) is 9.90 Å². The lowest BCUT2D eigenvalue weighted by atomic mass is 10.1. The van der Waals surface area contributed by atoms with Crippen LogP contribution in [0.1, 0.15) is 23.0 Å². The van der Waals surface area contributed by atoms with Crippen molar-refractivity contribution in [3.8, 4) is 0 Å². The maximum atomic E-state index is 10.6. The van der Waals surface area contributed by atoms with Crippen LogP contribution in [-0.4, -0.2) is 11.0 Å². The molecule has 2 rings (SSSR count). The van der Waals surface area contributed by atoms with Crippen LogP contribution in [-0.2, 0) is 6.42 Å². The summed E-state index contributed by atoms with van der Waals surface area (Å²) < 4.78 is 0. The van der Waals surface area contributed by atoms with E-state index in [0.29, 0.717) is 0 Å². The third kappa shape index (κ3) is 1.37. The van der Waals surface area contributed by atoms with E-state index in [2.05, 4.69) is 11.9 Å². The molecule has 0 amide bonds. The highest BCUT2D eigenvalue weighted by molar-refractivity contribution is 5.92. The lowest BCUT2D eigenvalue weighted by Gasteiger charge is -1.95. The van der Waals surface area contributed by atoms with Crippen molar-refractivity contribution in [1.82, 2.24) is 4.98 Å². The molecule has 0 saturated carbocycles. The van der Waals surface area contributed by atoms with Crippen LogP contribution in [0.4, 0.5) is 0 Å². The monoisotopic (exact) mass is 188 g/mol. The molecular weight excluding hydrogens is 178 g/mol. The Labute approximate surface area is 81.4 Å². The van der Waals surface area contributed by atoms with Crippen LogP contribution in [0.5, 0.6) is 0 Å². The van der Waals surface area contributed by atoms with Crippen LogP contribution in [0.25, 0.3) is 10.9 Å². The fourth-order valence-electron chi connectivity index (χ4n) is 1.51. The van der Waals surface area contributed by atoms with Crippen molar-refractivity contribution in [2.75, 3.05) is 0 Å². The van der Waals surface area contributed by atoms with E-state index < -0.39 is 5.97 Å². The molecule has 0 fully saturated rings. The highest BCUT2D eigenvalue weighted by Gasteiger charge is 2.01. The van der Waals surface area contributed by atoms with E-state index in [1.807, 2.05) is 18.2 Å². The number of carboxylic acid groups (broad SMARTS) is 1. The minimum atomic E-state index is -1.17. The van der Waals surface area contributed by atoms with Gasteiger partial charge in [0.1, 0.15) is 0 Å². The average molecular weight is 188 g/mol. The molecule has 3 nitrogen and oxygen atoms in total. The normalized spacial score (nSPS) is 10.6. The number of hydrogen-bond acceptors (Lipinski definition) is 2. The van der Waals surface area contributed by atoms with Crippen molar-refractivity contribution in [3.05, 3.63) is 35.5 Å². The smallest absolute Gasteiger partial charge is 0.0878 e. The van der Waals surface area contributed by atoms with Crippen molar-refractivity contribution in [3.63, 3.8) is 0 Å². The van der Waals surface area contributed by atoms with Crippen molar-refractivity contribution >= 4 is 16.9 Å². The van der Waals surface area contributed by atoms with E-state index in [-0.39, 0.29) is 5.69 Å². The van der Waals surface area contributed by atoms with Gasteiger partial charge in [-0.3, -0.25) is 0 Å². The third-order valence-electron chi connectivity index (χ3n) is 2.31. The maximum absolute atomic E-state index is 10.6. The Balaban J connectivity index is 2.60. The van der Waals surface area contributed by atoms with E-state index in [1.165, 1.54) is 5.56 Å². The number of fused-ring (bicyclic) bond motifs is 1. The number of aryl methyl sites for hydroxylation is 1. The summed E-state index contributed by atoms with van der Waals surface area (Å²) in [6.07, 6.45) is 0.946. The summed E-state index contributed by atoms with van der Waals surface area (Å²) in [6.45, 7) is 2.06. The summed E-state index contributed by atoms with van der Waals surface area (Å²) in [4.78, 5) is 13.4. The summed E-state index contributed by atoms with van der Waals surface area (Å²) >= 11 is 0. The Hall–Kier alpha value is -1.77. The van der Waals surface area contributed by atoms with Gasteiger partial charge in [0.2, 0.25) is 0 Å². The number of benzene rings is 1. The number of aromatic carboxylic acids is 1. The number of carbonyl (C=O) groups excluding carboxylic acids is 1. The molecular formula is C11H10NO2-. The van der Waals surface area contributed by atoms with Gasteiger partial charge in [-0.15, -0.1) is 0 Å². The van der Waals surface area contributed by atoms with Crippen LogP contribution in [0.2, 0.25) is 0 Å². The lowest BCUT2D eigenvalue weighted by molar-refractivity contribution is -0.255. The molecule has 3 heteroatoms. The van der Waals surface area contributed by atoms with Crippen molar-refractivity contribution in [1.29, 1.82) is 0 Å². The average Bonchev–Trinajstić information content (AvgIpc) is 2.59. The number of carbonyl (C=O) groups is 1. The van der Waals surface area contributed by atoms with Gasteiger partial charge in [0.05, 0.1) is 11.7 Å². The quantitative estimate of drug-likeness (QED) is 0.767. The van der Waals surface area contributed by atoms with Gasteiger partial charge in [0.25, 0.3) is 0 Å². The molecule has 1 N–H and O–H groups in total. The van der Waals surface area contributed by atoms with Crippen LogP contribution in [0.3, 0.4) is 0 Å². The second-order valence-corrected chi connectivity index (χ2v) is 3.25. The molecule has 2 aromatic rings. The summed E-state index contributed by atoms with van der Waals surface area (Å²) in [5.74, 6) is -1.17. The predicted octanol–water partition coefficient (Wildman–Crippen LogP) is 1.09. The number of H-pyrrole nitrogens is 1. The molecule has 0 radical (unpaired) electrons. The first kappa shape index (κ1) is 8.81. The first-order valence-corrected chi connectivity index (χ1v) is 4.53. The maximum Gasteiger partial charge on any atom is 0.0878 e. The summed E-state index contributed by atoms with van der Waals surface area (Å²) in [5, 5.41) is 11.5. The lowest BCUT2D eigenvalue weighted by Crippen LogP contribution is -2.22. The van der Waals surface area contributed by atoms with Crippen LogP contribution in [0, 0.1) is 0 Å². The molecule has 14 heavy (non-hydrogen) atoms. The first-order valence-electron chi connectivity index (χ1n) is 4.53. The second-order valence-electron chi connectivity index (χ2n) is 3.25. The summed E-state index contributed by atoms with van der Waals surface area (Å²) in [5.41, 5.74) is 2.16. The van der Waals surface area contributed by atoms with Gasteiger partial charge in [-0.1, -0.05) is 13.0 Å². The molecule has 72 valence electrons. The van der Waals surface area contributed by atoms with Gasteiger partial charge in [-0.05, 0) is 30.2 Å². The largest absolute Gasteiger partial charge is 0.543 e. The van der Waals surface area contributed by atoms with Gasteiger partial charge >= 0.3 is 0 Å². The Morgan fingerprint density at radius 3 is 2.86 bits per heavy atom. The minimum absolute atomic E-state index is 0.133. The van der Waals surface area contributed by atoms with Crippen molar-refractivity contribution < 1.29 is 9.90 Å². The minimum Gasteiger partial charge on any atom is -0.543 e. The van der Waals surface area contributed by atoms with Crippen LogP contribution in [0.15, 0.2) is 24.3 Å². The molecule has 0 aliphatic carbocycles. The van der Waals surface area contributed by atoms with Gasteiger partial charge < -0.3 is 14.9 Å². The molecule has 0 bridgehead atoms. The fourth-order valence-corrected chi connectivity index (χ4v) is 1.51. The SMILES string of the molecule is CCc1ccc2[nH]c(C(=O)[O-])cc2c1. The van der Waals surface area contributed by atoms with Gasteiger partial charge in [-0.25, -0.2) is 0 Å². The molecule has 0 aliphatic rings. The third-order valence-corrected chi connectivity index (χ3v) is 2.31. The Bertz CT molecular complexity index is 485. The Morgan fingerprint density at radius 2 is 2.21 bits per heavy atom. The highest BCUT2D eigenvalue weighted by atomic mass is 16.4. The number of carboxylic acids is 1. The van der Waals surface area contributed by atoms with Crippen molar-refractivity contribution in [2.24, 2.45) is 0 Å². The molecule has 0 atom stereocenters. The molecule has 0 spiro atoms. The van der Waals surface area contributed by atoms with Gasteiger partial charge in [-0.2, -0.15) is 0 Å². The Kier molecular flexibility index (Phi) is 2.00. The predicted molar refractivity (Wildman–Crippen MR) is 52.0 cm³/mol. The molecule has 0 saturated heterocycles. The van der Waals surface area contributed by atoms with Gasteiger partial charge in [0.15, 0.2) is 0 Å². The molecule has 1 heterocycles. The number of nitrogens with one attached hydrogen (secondary N) is 1. The van der Waals surface area contributed by atoms with E-state index in [0.717, 1.165) is 17.3 Å². The second kappa shape index (κ2) is 3.18. The first-order chi connectivity index (χ1) is 6.70. The number of hydrogen-bond donors (Lipinski definition) is 1. The van der Waals surface area contributed by atoms with Gasteiger partial charge in [0, 0.05) is 10.9 Å². The Morgan fingerprint density at radius 1 is 1.43 bits per heavy atom. The zero-order valence-corrected chi connectivity index (χ0v) is 7.83. The summed E-state index contributed by atoms with van der Waals surface area (Å²) in [6, 6.07) is 7.46. The van der Waals surface area contributed by atoms with E-state index in [4.69, 9.17) is 0 Å². The zero-order valence-electron chi connectivity index (χ0n) is 7.83. The standard InChI is InChI=1S/C11H11NO2/c1-2-7-3-4-9-8(5-7)6-10(12-9)11(13)14/h3-6,12H,2H2,1H3,(H,13,14)/p-1. The van der Waals surface area contributed by atoms with E-state index >= 15 is 0 Å². The zero-order chi connectivity index (χ0) is 10.1. The van der Waals surface area contributed by atoms with Crippen molar-refractivity contribution in [2.45, 2.75) is 13.3 Å². The topological polar surface area (TPSA) is 55.9 Å². The number of aromatic amines is 1. The van der Waals surface area contributed by atoms with Crippen LogP contribution < -0.4 is 5.11 Å². The number of rotatable bonds is 2. The molecule has 1 aromatic heterocycles. The number of aromatic nitrogens is 1. The van der Waals surface area contributed by atoms with E-state index in [1.54, 1.807) is 6.07 Å². The molecule has 1 aromatic carbocycles. The summed E-state index contributed by atoms with van der Waals surface area (Å²) in [7, 11) is 0. The molecule has 0 unspecified atom stereocenters.